The van der Waals surface area contributed by atoms with E-state index in [0.717, 1.165) is 49.7 Å². The van der Waals surface area contributed by atoms with E-state index in [9.17, 15) is 19.2 Å². The zero-order chi connectivity index (χ0) is 50.7. The van der Waals surface area contributed by atoms with E-state index < -0.39 is 11.8 Å². The lowest BCUT2D eigenvalue weighted by atomic mass is 10.1. The second-order valence-corrected chi connectivity index (χ2v) is 15.7. The molecule has 2 aromatic heterocycles. The number of anilines is 4. The van der Waals surface area contributed by atoms with Gasteiger partial charge in [-0.25, -0.2) is 19.9 Å². The van der Waals surface area contributed by atoms with Crippen LogP contribution in [0.4, 0.5) is 23.3 Å². The highest BCUT2D eigenvalue weighted by Crippen LogP contribution is 2.19. The van der Waals surface area contributed by atoms with Crippen molar-refractivity contribution in [2.24, 2.45) is 21.5 Å². The van der Waals surface area contributed by atoms with Crippen LogP contribution < -0.4 is 65.1 Å². The van der Waals surface area contributed by atoms with Crippen LogP contribution in [0.5, 0.6) is 11.5 Å². The van der Waals surface area contributed by atoms with Gasteiger partial charge in [-0.05, 0) is 73.9 Å². The maximum atomic E-state index is 12.3. The Labute approximate surface area is 414 Å². The molecule has 2 aromatic carbocycles. The minimum Gasteiger partial charge on any atom is -0.491 e. The first-order chi connectivity index (χ1) is 33.7. The maximum absolute atomic E-state index is 12.3. The van der Waals surface area contributed by atoms with Crippen LogP contribution in [0.15, 0.2) is 58.5 Å². The summed E-state index contributed by atoms with van der Waals surface area (Å²) >= 11 is 11.6. The van der Waals surface area contributed by atoms with Crippen LogP contribution in [0.1, 0.15) is 70.6 Å². The van der Waals surface area contributed by atoms with Crippen LogP contribution in [-0.2, 0) is 31.9 Å². The van der Waals surface area contributed by atoms with E-state index in [1.54, 1.807) is 0 Å². The van der Waals surface area contributed by atoms with E-state index >= 15 is 0 Å². The Kier molecular flexibility index (Phi) is 23.9. The highest BCUT2D eigenvalue weighted by atomic mass is 35.5. The number of nitrogens with zero attached hydrogens (tertiary/aromatic N) is 6. The van der Waals surface area contributed by atoms with Crippen molar-refractivity contribution >= 4 is 82.0 Å². The fourth-order valence-electron chi connectivity index (χ4n) is 6.00. The zero-order valence-corrected chi connectivity index (χ0v) is 40.0. The number of nitrogens with one attached hydrogen (secondary N) is 4. The highest BCUT2D eigenvalue weighted by Gasteiger charge is 2.18. The molecule has 0 unspecified atom stereocenters. The van der Waals surface area contributed by atoms with E-state index in [-0.39, 0.29) is 81.5 Å². The number of rotatable bonds is 29. The number of nitrogen functional groups attached to an aromatic ring is 4. The number of ether oxygens (including phenoxy) is 4. The third kappa shape index (κ3) is 20.9. The summed E-state index contributed by atoms with van der Waals surface area (Å²) in [7, 11) is 0. The quantitative estimate of drug-likeness (QED) is 0.0209. The van der Waals surface area contributed by atoms with E-state index in [0.29, 0.717) is 77.3 Å². The molecular formula is C44H60Cl2N16O8. The van der Waals surface area contributed by atoms with Gasteiger partial charge in [-0.2, -0.15) is 0 Å². The number of hydrogen-bond acceptors (Lipinski definition) is 18. The lowest BCUT2D eigenvalue weighted by molar-refractivity contribution is -0.126. The van der Waals surface area contributed by atoms with Crippen LogP contribution in [0.3, 0.4) is 0 Å². The number of nitrogens with two attached hydrogens (primary N) is 6. The SMILES string of the molecule is NC(=NCCCCc1ccc(OCCOCCNC(=O)CCC(=O)NCCOCCOc2ccc(CCCCN=C(N)NC(=O)c3nc(Cl)c(N)nc3N)cc2)cc1)NC(=O)c1nc(Cl)c(N)nc1N. The Bertz CT molecular complexity index is 2230. The van der Waals surface area contributed by atoms with Gasteiger partial charge in [-0.15, -0.1) is 0 Å². The number of benzene rings is 2. The largest absolute Gasteiger partial charge is 0.491 e. The van der Waals surface area contributed by atoms with E-state index in [2.05, 4.69) is 51.2 Å². The van der Waals surface area contributed by atoms with Crippen LogP contribution in [0.25, 0.3) is 0 Å². The van der Waals surface area contributed by atoms with Gasteiger partial charge in [0.05, 0.1) is 26.4 Å². The fraction of sp³-hybridized carbons (Fsp3) is 0.409. The molecule has 0 aliphatic rings. The summed E-state index contributed by atoms with van der Waals surface area (Å²) in [6.45, 7) is 3.36. The Balaban J connectivity index is 0.916. The summed E-state index contributed by atoms with van der Waals surface area (Å²) in [5.74, 6) is -1.15. The number of hydrogen-bond donors (Lipinski definition) is 10. The summed E-state index contributed by atoms with van der Waals surface area (Å²) in [4.78, 5) is 72.5. The van der Waals surface area contributed by atoms with Gasteiger partial charge < -0.3 is 64.0 Å². The molecule has 26 heteroatoms. The standard InChI is InChI=1S/C44H60Cl2N16O8/c45-35-39(49)59-37(47)33(57-35)41(65)61-43(51)55-17-3-1-5-27-7-11-29(12-8-27)69-25-23-67-21-19-53-31(63)15-16-32(64)54-20-22-68-24-26-70-30-13-9-28(10-14-30)6-2-4-18-56-44(52)62-42(66)34-38(48)60-40(50)36(46)58-34/h7-14H,1-6,15-26H2,(H,53,63)(H,54,64)(H4,47,49,59)(H4,48,50,60)(H3,51,55,61,65)(H3,52,56,62,66). The van der Waals surface area contributed by atoms with Gasteiger partial charge in [0.15, 0.2) is 56.9 Å². The molecule has 0 radical (unpaired) electrons. The van der Waals surface area contributed by atoms with Gasteiger partial charge in [0.1, 0.15) is 24.7 Å². The Morgan fingerprint density at radius 3 is 1.29 bits per heavy atom. The predicted molar refractivity (Wildman–Crippen MR) is 266 cm³/mol. The topological polar surface area (TPSA) is 386 Å². The van der Waals surface area contributed by atoms with Crippen molar-refractivity contribution in [3.63, 3.8) is 0 Å². The van der Waals surface area contributed by atoms with Gasteiger partial charge in [-0.3, -0.25) is 39.8 Å². The molecule has 16 N–H and O–H groups in total. The highest BCUT2D eigenvalue weighted by molar-refractivity contribution is 6.32. The molecule has 0 bridgehead atoms. The normalized spacial score (nSPS) is 11.5. The summed E-state index contributed by atoms with van der Waals surface area (Å²) in [5.41, 5.74) is 35.9. The second-order valence-electron chi connectivity index (χ2n) is 15.0. The minimum atomic E-state index is -0.693. The molecule has 0 saturated heterocycles. The van der Waals surface area contributed by atoms with Gasteiger partial charge in [0, 0.05) is 39.0 Å². The zero-order valence-electron chi connectivity index (χ0n) is 38.5. The minimum absolute atomic E-state index is 0.0522. The van der Waals surface area contributed by atoms with Gasteiger partial charge in [0.25, 0.3) is 11.8 Å². The molecular weight excluding hydrogens is 951 g/mol. The van der Waals surface area contributed by atoms with Crippen LogP contribution in [-0.4, -0.2) is 121 Å². The van der Waals surface area contributed by atoms with Gasteiger partial charge in [-0.1, -0.05) is 47.5 Å². The van der Waals surface area contributed by atoms with Crippen molar-refractivity contribution in [1.82, 2.24) is 41.2 Å². The maximum Gasteiger partial charge on any atom is 0.280 e. The Hall–Kier alpha value is -7.28. The first-order valence-corrected chi connectivity index (χ1v) is 23.0. The summed E-state index contributed by atoms with van der Waals surface area (Å²) in [5, 5.41) is 10.0. The van der Waals surface area contributed by atoms with Crippen molar-refractivity contribution in [3.8, 4) is 11.5 Å². The van der Waals surface area contributed by atoms with E-state index in [1.807, 2.05) is 48.5 Å². The molecule has 0 aliphatic heterocycles. The third-order valence-corrected chi connectivity index (χ3v) is 10.1. The molecule has 2 heterocycles. The van der Waals surface area contributed by atoms with Crippen LogP contribution in [0.2, 0.25) is 10.3 Å². The van der Waals surface area contributed by atoms with Crippen molar-refractivity contribution in [3.05, 3.63) is 81.4 Å². The van der Waals surface area contributed by atoms with E-state index in [4.69, 9.17) is 76.6 Å². The average Bonchev–Trinajstić information content (AvgIpc) is 3.33. The molecule has 4 rings (SSSR count). The summed E-state index contributed by atoms with van der Waals surface area (Å²) in [6, 6.07) is 15.5. The first kappa shape index (κ1) is 55.3. The average molecular weight is 1010 g/mol. The number of halogens is 2. The number of aromatic nitrogens is 4. The molecule has 0 atom stereocenters. The molecule has 0 saturated carbocycles. The van der Waals surface area contributed by atoms with Crippen molar-refractivity contribution in [2.45, 2.75) is 51.4 Å². The Morgan fingerprint density at radius 2 is 0.900 bits per heavy atom. The number of guanidine groups is 2. The molecule has 4 amide bonds. The fourth-order valence-corrected chi connectivity index (χ4v) is 6.26. The molecule has 4 aromatic rings. The number of aliphatic imine (C=N–C) groups is 2. The van der Waals surface area contributed by atoms with Gasteiger partial charge in [0.2, 0.25) is 11.8 Å². The molecule has 0 aliphatic carbocycles. The monoisotopic (exact) mass is 1010 g/mol. The van der Waals surface area contributed by atoms with Crippen molar-refractivity contribution in [1.29, 1.82) is 0 Å². The first-order valence-electron chi connectivity index (χ1n) is 22.2. The molecule has 24 nitrogen and oxygen atoms in total. The van der Waals surface area contributed by atoms with Gasteiger partial charge >= 0.3 is 0 Å². The predicted octanol–water partition coefficient (Wildman–Crippen LogP) is 1.54. The summed E-state index contributed by atoms with van der Waals surface area (Å²) in [6.07, 6.45) is 4.89. The second kappa shape index (κ2) is 30.3. The molecule has 0 fully saturated rings. The number of unbranched alkanes of at least 4 members (excludes halogenated alkanes) is 2. The van der Waals surface area contributed by atoms with Crippen LogP contribution in [0, 0.1) is 0 Å². The van der Waals surface area contributed by atoms with Crippen molar-refractivity contribution < 1.29 is 38.1 Å². The van der Waals surface area contributed by atoms with Crippen molar-refractivity contribution in [2.75, 3.05) is 88.8 Å². The Morgan fingerprint density at radius 1 is 0.514 bits per heavy atom. The molecule has 378 valence electrons. The number of amides is 4. The van der Waals surface area contributed by atoms with E-state index in [1.165, 1.54) is 0 Å². The lowest BCUT2D eigenvalue weighted by Crippen LogP contribution is -2.38. The molecule has 0 spiro atoms. The number of carbonyl (C=O) groups is 4. The number of aryl methyl sites for hydroxylation is 2. The lowest BCUT2D eigenvalue weighted by Gasteiger charge is -2.10. The molecule has 70 heavy (non-hydrogen) atoms. The third-order valence-electron chi connectivity index (χ3n) is 9.59. The summed E-state index contributed by atoms with van der Waals surface area (Å²) < 4.78 is 22.6. The van der Waals surface area contributed by atoms with Crippen LogP contribution >= 0.6 is 23.2 Å². The smallest absolute Gasteiger partial charge is 0.280 e. The number of carbonyl (C=O) groups excluding carboxylic acids is 4.